The van der Waals surface area contributed by atoms with Gasteiger partial charge in [0.15, 0.2) is 0 Å². The molecule has 1 aliphatic heterocycles. The van der Waals surface area contributed by atoms with E-state index in [-0.39, 0.29) is 16.8 Å². The molecule has 0 aliphatic carbocycles. The Balaban J connectivity index is 1.59. The fourth-order valence-electron chi connectivity index (χ4n) is 3.19. The van der Waals surface area contributed by atoms with Crippen molar-refractivity contribution in [2.75, 3.05) is 31.6 Å². The lowest BCUT2D eigenvalue weighted by Gasteiger charge is -2.26. The number of anilines is 1. The van der Waals surface area contributed by atoms with Gasteiger partial charge in [-0.25, -0.2) is 8.42 Å². The normalized spacial score (nSPS) is 17.4. The maximum absolute atomic E-state index is 12.7. The fraction of sp³-hybridized carbons (Fsp3) is 0.381. The van der Waals surface area contributed by atoms with E-state index in [2.05, 4.69) is 10.6 Å². The molecule has 8 heteroatoms. The Morgan fingerprint density at radius 1 is 1.00 bits per heavy atom. The van der Waals surface area contributed by atoms with Gasteiger partial charge >= 0.3 is 0 Å². The Morgan fingerprint density at radius 3 is 2.24 bits per heavy atom. The van der Waals surface area contributed by atoms with Crippen LogP contribution in [0.2, 0.25) is 0 Å². The molecule has 2 aromatic carbocycles. The Labute approximate surface area is 172 Å². The molecule has 156 valence electrons. The van der Waals surface area contributed by atoms with E-state index in [1.165, 1.54) is 16.4 Å². The number of carbonyl (C=O) groups excluding carboxylic acids is 1. The molecule has 2 N–H and O–H groups in total. The smallest absolute Gasteiger partial charge is 0.243 e. The first-order valence-electron chi connectivity index (χ1n) is 9.68. The third-order valence-corrected chi connectivity index (χ3v) is 6.84. The fourth-order valence-corrected chi connectivity index (χ4v) is 4.59. The van der Waals surface area contributed by atoms with Crippen molar-refractivity contribution >= 4 is 21.6 Å². The van der Waals surface area contributed by atoms with Crippen molar-refractivity contribution in [2.24, 2.45) is 0 Å². The van der Waals surface area contributed by atoms with Gasteiger partial charge in [-0.3, -0.25) is 10.1 Å². The minimum Gasteiger partial charge on any atom is -0.379 e. The standard InChI is InChI=1S/C21H27N3O4S/c1-16(18-6-4-3-5-7-18)22-17(2)21(25)23-19-8-10-20(11-9-19)29(26,27)24-12-14-28-15-13-24/h3-11,16-17,22H,12-15H2,1-2H3,(H,23,25)/t16-,17-/m0/s1. The first kappa shape index (κ1) is 21.4. The van der Waals surface area contributed by atoms with Crippen LogP contribution in [0.25, 0.3) is 0 Å². The van der Waals surface area contributed by atoms with Crippen LogP contribution in [-0.2, 0) is 19.6 Å². The number of ether oxygens (including phenoxy) is 1. The van der Waals surface area contributed by atoms with Crippen LogP contribution in [0.15, 0.2) is 59.5 Å². The molecule has 0 saturated carbocycles. The van der Waals surface area contributed by atoms with Crippen LogP contribution < -0.4 is 10.6 Å². The molecule has 1 aliphatic rings. The maximum Gasteiger partial charge on any atom is 0.243 e. The first-order chi connectivity index (χ1) is 13.9. The molecule has 1 saturated heterocycles. The highest BCUT2D eigenvalue weighted by Crippen LogP contribution is 2.20. The highest BCUT2D eigenvalue weighted by Gasteiger charge is 2.26. The van der Waals surface area contributed by atoms with E-state index in [9.17, 15) is 13.2 Å². The van der Waals surface area contributed by atoms with Gasteiger partial charge in [-0.15, -0.1) is 0 Å². The zero-order valence-corrected chi connectivity index (χ0v) is 17.5. The largest absolute Gasteiger partial charge is 0.379 e. The van der Waals surface area contributed by atoms with Crippen molar-refractivity contribution in [2.45, 2.75) is 30.8 Å². The van der Waals surface area contributed by atoms with Crippen LogP contribution in [0, 0.1) is 0 Å². The van der Waals surface area contributed by atoms with Crippen molar-refractivity contribution in [1.82, 2.24) is 9.62 Å². The molecule has 0 radical (unpaired) electrons. The molecule has 2 aromatic rings. The zero-order chi connectivity index (χ0) is 20.9. The summed E-state index contributed by atoms with van der Waals surface area (Å²) in [6, 6.07) is 15.8. The summed E-state index contributed by atoms with van der Waals surface area (Å²) in [7, 11) is -3.54. The highest BCUT2D eigenvalue weighted by atomic mass is 32.2. The number of benzene rings is 2. The molecule has 2 atom stereocenters. The van der Waals surface area contributed by atoms with Gasteiger partial charge in [-0.2, -0.15) is 4.31 Å². The van der Waals surface area contributed by atoms with Crippen LogP contribution in [-0.4, -0.2) is 51.0 Å². The van der Waals surface area contributed by atoms with Crippen molar-refractivity contribution < 1.29 is 17.9 Å². The molecule has 0 bridgehead atoms. The molecule has 0 aromatic heterocycles. The number of amides is 1. The molecular weight excluding hydrogens is 390 g/mol. The SMILES string of the molecule is C[C@H](N[C@@H](C)c1ccccc1)C(=O)Nc1ccc(S(=O)(=O)N2CCOCC2)cc1. The van der Waals surface area contributed by atoms with E-state index >= 15 is 0 Å². The maximum atomic E-state index is 12.7. The van der Waals surface area contributed by atoms with Crippen molar-refractivity contribution in [1.29, 1.82) is 0 Å². The summed E-state index contributed by atoms with van der Waals surface area (Å²) in [4.78, 5) is 12.7. The summed E-state index contributed by atoms with van der Waals surface area (Å²) in [5, 5.41) is 6.10. The summed E-state index contributed by atoms with van der Waals surface area (Å²) in [6.45, 7) is 5.31. The van der Waals surface area contributed by atoms with Crippen LogP contribution in [0.4, 0.5) is 5.69 Å². The molecule has 0 spiro atoms. The second kappa shape index (κ2) is 9.49. The molecule has 1 amide bonds. The predicted molar refractivity (Wildman–Crippen MR) is 112 cm³/mol. The summed E-state index contributed by atoms with van der Waals surface area (Å²) in [5.41, 5.74) is 1.65. The number of rotatable bonds is 7. The van der Waals surface area contributed by atoms with E-state index in [1.807, 2.05) is 37.3 Å². The van der Waals surface area contributed by atoms with Gasteiger partial charge in [0.25, 0.3) is 0 Å². The molecule has 7 nitrogen and oxygen atoms in total. The van der Waals surface area contributed by atoms with E-state index in [1.54, 1.807) is 19.1 Å². The molecule has 0 unspecified atom stereocenters. The van der Waals surface area contributed by atoms with Gasteiger partial charge in [-0.05, 0) is 43.7 Å². The van der Waals surface area contributed by atoms with Gasteiger partial charge in [0.05, 0.1) is 24.2 Å². The first-order valence-corrected chi connectivity index (χ1v) is 11.1. The molecule has 29 heavy (non-hydrogen) atoms. The summed E-state index contributed by atoms with van der Waals surface area (Å²) < 4.78 is 31.9. The number of carbonyl (C=O) groups is 1. The Morgan fingerprint density at radius 2 is 1.62 bits per heavy atom. The predicted octanol–water partition coefficient (Wildman–Crippen LogP) is 2.39. The monoisotopic (exact) mass is 417 g/mol. The number of sulfonamides is 1. The minimum absolute atomic E-state index is 0.0259. The van der Waals surface area contributed by atoms with Crippen molar-refractivity contribution in [3.63, 3.8) is 0 Å². The molecule has 1 fully saturated rings. The van der Waals surface area contributed by atoms with Gasteiger partial charge < -0.3 is 10.1 Å². The quantitative estimate of drug-likeness (QED) is 0.722. The zero-order valence-electron chi connectivity index (χ0n) is 16.7. The Bertz CT molecular complexity index is 911. The third kappa shape index (κ3) is 5.42. The lowest BCUT2D eigenvalue weighted by molar-refractivity contribution is -0.117. The van der Waals surface area contributed by atoms with Crippen molar-refractivity contribution in [3.8, 4) is 0 Å². The molecule has 1 heterocycles. The summed E-state index contributed by atoms with van der Waals surface area (Å²) in [5.74, 6) is -0.184. The lowest BCUT2D eigenvalue weighted by Crippen LogP contribution is -2.40. The van der Waals surface area contributed by atoms with E-state index in [0.717, 1.165) is 5.56 Å². The third-order valence-electron chi connectivity index (χ3n) is 4.92. The Kier molecular flexibility index (Phi) is 7.02. The number of hydrogen-bond acceptors (Lipinski definition) is 5. The van der Waals surface area contributed by atoms with Crippen LogP contribution in [0.5, 0.6) is 0 Å². The van der Waals surface area contributed by atoms with E-state index in [0.29, 0.717) is 32.0 Å². The average Bonchev–Trinajstić information content (AvgIpc) is 2.75. The van der Waals surface area contributed by atoms with Gasteiger partial charge in [0.2, 0.25) is 15.9 Å². The second-order valence-electron chi connectivity index (χ2n) is 7.05. The lowest BCUT2D eigenvalue weighted by atomic mass is 10.1. The van der Waals surface area contributed by atoms with Gasteiger partial charge in [0, 0.05) is 24.8 Å². The van der Waals surface area contributed by atoms with Gasteiger partial charge in [-0.1, -0.05) is 30.3 Å². The van der Waals surface area contributed by atoms with Crippen LogP contribution in [0.3, 0.4) is 0 Å². The number of morpholine rings is 1. The highest BCUT2D eigenvalue weighted by molar-refractivity contribution is 7.89. The molecular formula is C21H27N3O4S. The van der Waals surface area contributed by atoms with Crippen molar-refractivity contribution in [3.05, 3.63) is 60.2 Å². The summed E-state index contributed by atoms with van der Waals surface area (Å²) >= 11 is 0. The number of nitrogens with zero attached hydrogens (tertiary/aromatic N) is 1. The van der Waals surface area contributed by atoms with Crippen LogP contribution >= 0.6 is 0 Å². The average molecular weight is 418 g/mol. The van der Waals surface area contributed by atoms with Gasteiger partial charge in [0.1, 0.15) is 0 Å². The summed E-state index contributed by atoms with van der Waals surface area (Å²) in [6.07, 6.45) is 0. The van der Waals surface area contributed by atoms with E-state index in [4.69, 9.17) is 4.74 Å². The molecule has 3 rings (SSSR count). The van der Waals surface area contributed by atoms with E-state index < -0.39 is 16.1 Å². The Hall–Kier alpha value is -2.26. The van der Waals surface area contributed by atoms with Crippen LogP contribution in [0.1, 0.15) is 25.5 Å². The topological polar surface area (TPSA) is 87.7 Å². The second-order valence-corrected chi connectivity index (χ2v) is 8.99. The minimum atomic E-state index is -3.54. The number of hydrogen-bond donors (Lipinski definition) is 2. The number of nitrogens with one attached hydrogen (secondary N) is 2.